The van der Waals surface area contributed by atoms with Gasteiger partial charge in [0.05, 0.1) is 20.8 Å². The molecule has 0 spiro atoms. The Kier molecular flexibility index (Phi) is 10.4. The van der Waals surface area contributed by atoms with Crippen LogP contribution in [0.5, 0.6) is 11.5 Å². The molecule has 0 aliphatic heterocycles. The third kappa shape index (κ3) is 6.56. The Balaban J connectivity index is 1.69. The van der Waals surface area contributed by atoms with E-state index >= 15 is 0 Å². The van der Waals surface area contributed by atoms with Gasteiger partial charge >= 0.3 is 0 Å². The molecule has 4 aromatic rings. The first-order valence-electron chi connectivity index (χ1n) is 14.0. The van der Waals surface area contributed by atoms with Crippen LogP contribution in [-0.4, -0.2) is 44.2 Å². The van der Waals surface area contributed by atoms with Crippen LogP contribution in [0.1, 0.15) is 35.1 Å². The van der Waals surface area contributed by atoms with Crippen molar-refractivity contribution in [1.29, 1.82) is 0 Å². The molecule has 0 heterocycles. The van der Waals surface area contributed by atoms with Crippen molar-refractivity contribution < 1.29 is 19.7 Å². The van der Waals surface area contributed by atoms with E-state index in [9.17, 15) is 0 Å². The number of aliphatic hydroxyl groups excluding tert-OH is 2. The van der Waals surface area contributed by atoms with Crippen molar-refractivity contribution in [2.45, 2.75) is 39.7 Å². The fraction of sp³-hybridized carbons (Fsp3) is 0.314. The number of ether oxygens (including phenoxy) is 2. The van der Waals surface area contributed by atoms with Crippen LogP contribution in [-0.2, 0) is 13.0 Å². The van der Waals surface area contributed by atoms with E-state index in [4.69, 9.17) is 19.7 Å². The van der Waals surface area contributed by atoms with Crippen molar-refractivity contribution in [3.8, 4) is 44.9 Å². The maximum atomic E-state index is 9.14. The van der Waals surface area contributed by atoms with Gasteiger partial charge in [-0.15, -0.1) is 0 Å². The molecular weight excluding hydrogens is 498 g/mol. The number of aliphatic hydroxyl groups is 2. The second-order valence-corrected chi connectivity index (χ2v) is 10.1. The Morgan fingerprint density at radius 3 is 1.68 bits per heavy atom. The van der Waals surface area contributed by atoms with E-state index in [1.54, 1.807) is 14.2 Å². The molecule has 0 aromatic heterocycles. The molecule has 3 N–H and O–H groups in total. The first-order valence-corrected chi connectivity index (χ1v) is 14.0. The molecule has 4 rings (SSSR count). The van der Waals surface area contributed by atoms with E-state index in [0.29, 0.717) is 13.1 Å². The number of nitrogens with one attached hydrogen (secondary N) is 1. The molecule has 0 saturated carbocycles. The summed E-state index contributed by atoms with van der Waals surface area (Å²) < 4.78 is 11.5. The van der Waals surface area contributed by atoms with Gasteiger partial charge in [0.2, 0.25) is 0 Å². The number of rotatable bonds is 13. The zero-order valence-electron chi connectivity index (χ0n) is 24.1. The molecule has 0 atom stereocenters. The van der Waals surface area contributed by atoms with E-state index in [0.717, 1.165) is 47.5 Å². The molecule has 0 fully saturated rings. The minimum absolute atomic E-state index is 0.108. The normalized spacial score (nSPS) is 11.1. The van der Waals surface area contributed by atoms with Crippen molar-refractivity contribution in [3.05, 3.63) is 95.1 Å². The number of methoxy groups -OCH3 is 2. The molecule has 0 unspecified atom stereocenters. The van der Waals surface area contributed by atoms with Gasteiger partial charge < -0.3 is 25.0 Å². The van der Waals surface area contributed by atoms with Crippen molar-refractivity contribution >= 4 is 0 Å². The lowest BCUT2D eigenvalue weighted by atomic mass is 9.87. The summed E-state index contributed by atoms with van der Waals surface area (Å²) >= 11 is 0. The SMILES string of the molecule is COc1cc(-c2cccc(-c3cccc(-c4ccc(CNCCO)c(OC)c4)c3C)c2C)ccc1CCCCO. The number of unbranched alkanes of at least 4 members (excludes halogenated alkanes) is 1. The lowest BCUT2D eigenvalue weighted by Crippen LogP contribution is -2.17. The van der Waals surface area contributed by atoms with Crippen LogP contribution in [0.15, 0.2) is 72.8 Å². The predicted octanol–water partition coefficient (Wildman–Crippen LogP) is 6.72. The summed E-state index contributed by atoms with van der Waals surface area (Å²) in [5.41, 5.74) is 11.7. The van der Waals surface area contributed by atoms with Crippen LogP contribution >= 0.6 is 0 Å². The first-order chi connectivity index (χ1) is 19.5. The fourth-order valence-electron chi connectivity index (χ4n) is 5.39. The maximum absolute atomic E-state index is 9.14. The highest BCUT2D eigenvalue weighted by Crippen LogP contribution is 2.39. The number of aryl methyl sites for hydroxylation is 1. The molecule has 40 heavy (non-hydrogen) atoms. The lowest BCUT2D eigenvalue weighted by molar-refractivity contribution is 0.284. The van der Waals surface area contributed by atoms with Crippen LogP contribution in [0.25, 0.3) is 33.4 Å². The summed E-state index contributed by atoms with van der Waals surface area (Å²) in [4.78, 5) is 0. The summed E-state index contributed by atoms with van der Waals surface area (Å²) in [5, 5.41) is 21.4. The van der Waals surface area contributed by atoms with Gasteiger partial charge in [-0.2, -0.15) is 0 Å². The van der Waals surface area contributed by atoms with E-state index in [2.05, 4.69) is 92.0 Å². The van der Waals surface area contributed by atoms with Gasteiger partial charge in [-0.25, -0.2) is 0 Å². The summed E-state index contributed by atoms with van der Waals surface area (Å²) in [6, 6.07) is 25.8. The van der Waals surface area contributed by atoms with E-state index in [-0.39, 0.29) is 13.2 Å². The van der Waals surface area contributed by atoms with Gasteiger partial charge in [-0.3, -0.25) is 0 Å². The summed E-state index contributed by atoms with van der Waals surface area (Å²) in [5.74, 6) is 1.72. The molecule has 0 radical (unpaired) electrons. The van der Waals surface area contributed by atoms with Crippen molar-refractivity contribution in [2.75, 3.05) is 34.0 Å². The fourth-order valence-corrected chi connectivity index (χ4v) is 5.39. The Hall–Kier alpha value is -3.64. The monoisotopic (exact) mass is 539 g/mol. The first kappa shape index (κ1) is 29.3. The molecule has 0 aliphatic carbocycles. The van der Waals surface area contributed by atoms with Crippen LogP contribution in [0, 0.1) is 13.8 Å². The van der Waals surface area contributed by atoms with Gasteiger partial charge in [0.1, 0.15) is 11.5 Å². The minimum atomic E-state index is 0.108. The molecular formula is C35H41NO4. The third-order valence-electron chi connectivity index (χ3n) is 7.61. The topological polar surface area (TPSA) is 71.0 Å². The molecule has 0 aliphatic rings. The second-order valence-electron chi connectivity index (χ2n) is 10.1. The third-order valence-corrected chi connectivity index (χ3v) is 7.61. The van der Waals surface area contributed by atoms with Gasteiger partial charge in [-0.1, -0.05) is 60.7 Å². The van der Waals surface area contributed by atoms with Crippen LogP contribution in [0.2, 0.25) is 0 Å². The molecule has 4 aromatic carbocycles. The smallest absolute Gasteiger partial charge is 0.123 e. The van der Waals surface area contributed by atoms with Crippen molar-refractivity contribution in [1.82, 2.24) is 5.32 Å². The average Bonchev–Trinajstić information content (AvgIpc) is 2.98. The van der Waals surface area contributed by atoms with Gasteiger partial charge in [0.25, 0.3) is 0 Å². The highest BCUT2D eigenvalue weighted by molar-refractivity contribution is 5.84. The highest BCUT2D eigenvalue weighted by atomic mass is 16.5. The molecule has 0 amide bonds. The molecule has 0 bridgehead atoms. The van der Waals surface area contributed by atoms with Crippen LogP contribution in [0.4, 0.5) is 0 Å². The maximum Gasteiger partial charge on any atom is 0.123 e. The van der Waals surface area contributed by atoms with Gasteiger partial charge in [0.15, 0.2) is 0 Å². The summed E-state index contributed by atoms with van der Waals surface area (Å²) in [6.07, 6.45) is 2.62. The Bertz CT molecular complexity index is 1320. The second kappa shape index (κ2) is 14.1. The Morgan fingerprint density at radius 2 is 1.15 bits per heavy atom. The Labute approximate surface area is 238 Å². The molecule has 5 nitrogen and oxygen atoms in total. The van der Waals surface area contributed by atoms with Crippen LogP contribution in [0.3, 0.4) is 0 Å². The van der Waals surface area contributed by atoms with Crippen LogP contribution < -0.4 is 14.8 Å². The molecule has 5 heteroatoms. The summed E-state index contributed by atoms with van der Waals surface area (Å²) in [6.45, 7) is 5.89. The minimum Gasteiger partial charge on any atom is -0.496 e. The van der Waals surface area contributed by atoms with Gasteiger partial charge in [0, 0.05) is 25.3 Å². The molecule has 210 valence electrons. The standard InChI is InChI=1S/C35H41NO4/c1-24-30(27-15-14-26(9-5-6-19-37)34(21-27)39-3)10-7-12-32(24)33-13-8-11-31(25(33)2)28-16-17-29(23-36-18-20-38)35(22-28)40-4/h7-8,10-17,21-22,36-38H,5-6,9,18-20,23H2,1-4H3. The summed E-state index contributed by atoms with van der Waals surface area (Å²) in [7, 11) is 3.42. The quantitative estimate of drug-likeness (QED) is 0.165. The molecule has 0 saturated heterocycles. The zero-order chi connectivity index (χ0) is 28.5. The van der Waals surface area contributed by atoms with E-state index in [1.165, 1.54) is 38.9 Å². The largest absolute Gasteiger partial charge is 0.496 e. The van der Waals surface area contributed by atoms with Crippen molar-refractivity contribution in [2.24, 2.45) is 0 Å². The van der Waals surface area contributed by atoms with Gasteiger partial charge in [-0.05, 0) is 95.3 Å². The average molecular weight is 540 g/mol. The number of benzene rings is 4. The van der Waals surface area contributed by atoms with E-state index < -0.39 is 0 Å². The number of hydrogen-bond acceptors (Lipinski definition) is 5. The number of hydrogen-bond donors (Lipinski definition) is 3. The highest BCUT2D eigenvalue weighted by Gasteiger charge is 2.15. The Morgan fingerprint density at radius 1 is 0.625 bits per heavy atom. The van der Waals surface area contributed by atoms with E-state index in [1.807, 2.05) is 0 Å². The predicted molar refractivity (Wildman–Crippen MR) is 164 cm³/mol. The lowest BCUT2D eigenvalue weighted by Gasteiger charge is -2.18. The van der Waals surface area contributed by atoms with Crippen molar-refractivity contribution in [3.63, 3.8) is 0 Å². The zero-order valence-corrected chi connectivity index (χ0v) is 24.1.